The number of carbonyl (C=O) groups excluding carboxylic acids is 1. The number of aromatic nitrogens is 2. The molecule has 1 aromatic carbocycles. The number of amides is 1. The molecule has 128 valence electrons. The van der Waals surface area contributed by atoms with Gasteiger partial charge in [-0.2, -0.15) is 13.2 Å². The predicted molar refractivity (Wildman–Crippen MR) is 84.0 cm³/mol. The molecule has 2 N–H and O–H groups in total. The first kappa shape index (κ1) is 17.7. The van der Waals surface area contributed by atoms with Crippen molar-refractivity contribution in [3.63, 3.8) is 0 Å². The monoisotopic (exact) mass is 338 g/mol. The number of anilines is 2. The number of nitrogens with zero attached hydrogens (tertiary/aromatic N) is 2. The van der Waals surface area contributed by atoms with E-state index in [1.54, 1.807) is 0 Å². The zero-order valence-electron chi connectivity index (χ0n) is 13.2. The molecule has 24 heavy (non-hydrogen) atoms. The molecule has 0 aliphatic carbocycles. The molecule has 2 rings (SSSR count). The van der Waals surface area contributed by atoms with E-state index in [0.29, 0.717) is 11.5 Å². The minimum Gasteiger partial charge on any atom is -0.348 e. The van der Waals surface area contributed by atoms with E-state index in [9.17, 15) is 18.0 Å². The quantitative estimate of drug-likeness (QED) is 0.871. The van der Waals surface area contributed by atoms with E-state index in [-0.39, 0.29) is 17.6 Å². The Hall–Kier alpha value is -2.64. The second kappa shape index (κ2) is 7.29. The Morgan fingerprint density at radius 3 is 2.46 bits per heavy atom. The van der Waals surface area contributed by atoms with Gasteiger partial charge >= 0.3 is 6.18 Å². The van der Waals surface area contributed by atoms with Crippen molar-refractivity contribution in [1.82, 2.24) is 15.3 Å². The average Bonchev–Trinajstić information content (AvgIpc) is 2.54. The van der Waals surface area contributed by atoms with Crippen molar-refractivity contribution in [1.29, 1.82) is 0 Å². The summed E-state index contributed by atoms with van der Waals surface area (Å²) in [5.41, 5.74) is -0.126. The van der Waals surface area contributed by atoms with Crippen LogP contribution in [0.25, 0.3) is 0 Å². The van der Waals surface area contributed by atoms with Gasteiger partial charge in [-0.3, -0.25) is 4.79 Å². The van der Waals surface area contributed by atoms with Crippen LogP contribution < -0.4 is 10.6 Å². The Morgan fingerprint density at radius 1 is 1.21 bits per heavy atom. The lowest BCUT2D eigenvalue weighted by Crippen LogP contribution is -2.32. The molecule has 1 unspecified atom stereocenters. The zero-order valence-corrected chi connectivity index (χ0v) is 13.2. The molecule has 0 spiro atoms. The first-order chi connectivity index (χ1) is 11.3. The van der Waals surface area contributed by atoms with Gasteiger partial charge < -0.3 is 10.6 Å². The highest BCUT2D eigenvalue weighted by molar-refractivity contribution is 5.93. The van der Waals surface area contributed by atoms with Gasteiger partial charge in [-0.25, -0.2) is 9.97 Å². The number of hydrogen-bond acceptors (Lipinski definition) is 4. The summed E-state index contributed by atoms with van der Waals surface area (Å²) in [5, 5.41) is 5.63. The van der Waals surface area contributed by atoms with Crippen LogP contribution in [0.3, 0.4) is 0 Å². The highest BCUT2D eigenvalue weighted by Crippen LogP contribution is 2.30. The Balaban J connectivity index is 2.10. The number of alkyl halides is 3. The van der Waals surface area contributed by atoms with Crippen LogP contribution in [-0.4, -0.2) is 21.9 Å². The third-order valence-corrected chi connectivity index (χ3v) is 3.37. The topological polar surface area (TPSA) is 66.9 Å². The van der Waals surface area contributed by atoms with Gasteiger partial charge in [-0.05, 0) is 37.6 Å². The summed E-state index contributed by atoms with van der Waals surface area (Å²) in [7, 11) is 0. The normalized spacial score (nSPS) is 12.5. The number of halogens is 3. The maximum absolute atomic E-state index is 12.5. The van der Waals surface area contributed by atoms with Crippen LogP contribution in [-0.2, 0) is 6.18 Å². The van der Waals surface area contributed by atoms with Gasteiger partial charge in [0.25, 0.3) is 5.91 Å². The molecular weight excluding hydrogens is 321 g/mol. The molecule has 8 heteroatoms. The fraction of sp³-hybridized carbons (Fsp3) is 0.312. The van der Waals surface area contributed by atoms with Gasteiger partial charge in [0.2, 0.25) is 0 Å². The first-order valence-corrected chi connectivity index (χ1v) is 7.36. The average molecular weight is 338 g/mol. The highest BCUT2D eigenvalue weighted by atomic mass is 19.4. The van der Waals surface area contributed by atoms with Crippen LogP contribution in [0.1, 0.15) is 36.3 Å². The molecule has 1 atom stereocenters. The van der Waals surface area contributed by atoms with Crippen molar-refractivity contribution in [3.8, 4) is 0 Å². The minimum atomic E-state index is -4.38. The van der Waals surface area contributed by atoms with Gasteiger partial charge in [0.15, 0.2) is 0 Å². The van der Waals surface area contributed by atoms with E-state index < -0.39 is 11.7 Å². The summed E-state index contributed by atoms with van der Waals surface area (Å²) in [6.45, 7) is 3.82. The molecule has 0 saturated carbocycles. The molecule has 0 fully saturated rings. The second-order valence-corrected chi connectivity index (χ2v) is 5.27. The van der Waals surface area contributed by atoms with Crippen LogP contribution in [0, 0.1) is 0 Å². The smallest absolute Gasteiger partial charge is 0.348 e. The maximum atomic E-state index is 12.5. The summed E-state index contributed by atoms with van der Waals surface area (Å²) in [6, 6.07) is 5.99. The van der Waals surface area contributed by atoms with Crippen LogP contribution in [0.4, 0.5) is 24.7 Å². The SMILES string of the molecule is CCC(C)NC(=O)c1cc(Nc2ccc(C(F)(F)F)cc2)ncn1. The lowest BCUT2D eigenvalue weighted by Gasteiger charge is -2.12. The number of nitrogens with one attached hydrogen (secondary N) is 2. The fourth-order valence-electron chi connectivity index (χ4n) is 1.84. The molecular formula is C16H17F3N4O. The summed E-state index contributed by atoms with van der Waals surface area (Å²) in [6.07, 6.45) is -2.37. The van der Waals surface area contributed by atoms with E-state index in [4.69, 9.17) is 0 Å². The Bertz CT molecular complexity index is 701. The lowest BCUT2D eigenvalue weighted by atomic mass is 10.2. The highest BCUT2D eigenvalue weighted by Gasteiger charge is 2.29. The number of benzene rings is 1. The van der Waals surface area contributed by atoms with Gasteiger partial charge in [0, 0.05) is 17.8 Å². The van der Waals surface area contributed by atoms with Gasteiger partial charge in [0.1, 0.15) is 17.8 Å². The van der Waals surface area contributed by atoms with Gasteiger partial charge in [-0.15, -0.1) is 0 Å². The van der Waals surface area contributed by atoms with Gasteiger partial charge in [0.05, 0.1) is 5.56 Å². The molecule has 0 aliphatic rings. The Morgan fingerprint density at radius 2 is 1.88 bits per heavy atom. The Labute approximate surface area is 137 Å². The van der Waals surface area contributed by atoms with Crippen molar-refractivity contribution in [3.05, 3.63) is 47.9 Å². The molecule has 1 heterocycles. The molecule has 5 nitrogen and oxygen atoms in total. The second-order valence-electron chi connectivity index (χ2n) is 5.27. The maximum Gasteiger partial charge on any atom is 0.416 e. The molecule has 0 aliphatic heterocycles. The third kappa shape index (κ3) is 4.68. The predicted octanol–water partition coefficient (Wildman–Crippen LogP) is 3.77. The van der Waals surface area contributed by atoms with Crippen molar-refractivity contribution in [2.24, 2.45) is 0 Å². The molecule has 0 saturated heterocycles. The van der Waals surface area contributed by atoms with Crippen LogP contribution in [0.15, 0.2) is 36.7 Å². The number of carbonyl (C=O) groups is 1. The molecule has 1 aromatic heterocycles. The van der Waals surface area contributed by atoms with E-state index >= 15 is 0 Å². The van der Waals surface area contributed by atoms with Crippen LogP contribution >= 0.6 is 0 Å². The Kier molecular flexibility index (Phi) is 5.38. The standard InChI is InChI=1S/C16H17F3N4O/c1-3-10(2)22-15(24)13-8-14(21-9-20-13)23-12-6-4-11(5-7-12)16(17,18)19/h4-10H,3H2,1-2H3,(H,22,24)(H,20,21,23). The summed E-state index contributed by atoms with van der Waals surface area (Å²) in [4.78, 5) is 19.9. The van der Waals surface area contributed by atoms with E-state index in [0.717, 1.165) is 18.6 Å². The molecule has 1 amide bonds. The van der Waals surface area contributed by atoms with Crippen molar-refractivity contribution >= 4 is 17.4 Å². The van der Waals surface area contributed by atoms with Crippen molar-refractivity contribution in [2.45, 2.75) is 32.5 Å². The first-order valence-electron chi connectivity index (χ1n) is 7.36. The number of hydrogen-bond donors (Lipinski definition) is 2. The van der Waals surface area contributed by atoms with E-state index in [2.05, 4.69) is 20.6 Å². The third-order valence-electron chi connectivity index (χ3n) is 3.37. The molecule has 0 radical (unpaired) electrons. The van der Waals surface area contributed by atoms with Crippen molar-refractivity contribution < 1.29 is 18.0 Å². The molecule has 2 aromatic rings. The van der Waals surface area contributed by atoms with Crippen molar-refractivity contribution in [2.75, 3.05) is 5.32 Å². The minimum absolute atomic E-state index is 0.0128. The summed E-state index contributed by atoms with van der Waals surface area (Å²) >= 11 is 0. The fourth-order valence-corrected chi connectivity index (χ4v) is 1.84. The van der Waals surface area contributed by atoms with Crippen LogP contribution in [0.5, 0.6) is 0 Å². The largest absolute Gasteiger partial charge is 0.416 e. The van der Waals surface area contributed by atoms with Crippen LogP contribution in [0.2, 0.25) is 0 Å². The van der Waals surface area contributed by atoms with Gasteiger partial charge in [-0.1, -0.05) is 6.92 Å². The molecule has 0 bridgehead atoms. The van der Waals surface area contributed by atoms with E-state index in [1.165, 1.54) is 24.5 Å². The lowest BCUT2D eigenvalue weighted by molar-refractivity contribution is -0.137. The summed E-state index contributed by atoms with van der Waals surface area (Å²) < 4.78 is 37.6. The van der Waals surface area contributed by atoms with E-state index in [1.807, 2.05) is 13.8 Å². The number of rotatable bonds is 5. The zero-order chi connectivity index (χ0) is 17.7. The summed E-state index contributed by atoms with van der Waals surface area (Å²) in [5.74, 6) is -0.0127.